The van der Waals surface area contributed by atoms with E-state index in [1.54, 1.807) is 0 Å². The largest absolute Gasteiger partial charge is 0.420 e. The molecule has 0 saturated heterocycles. The summed E-state index contributed by atoms with van der Waals surface area (Å²) in [5.74, 6) is -9.05. The molecule has 0 radical (unpaired) electrons. The van der Waals surface area contributed by atoms with Crippen molar-refractivity contribution in [2.75, 3.05) is 0 Å². The Balaban J connectivity index is 2.37. The number of carbonyl (C=O) groups excluding carboxylic acids is 2. The Bertz CT molecular complexity index is 763. The van der Waals surface area contributed by atoms with Crippen molar-refractivity contribution in [2.45, 2.75) is 60.8 Å². The molecule has 1 aliphatic carbocycles. The van der Waals surface area contributed by atoms with Gasteiger partial charge in [0.2, 0.25) is 11.6 Å². The van der Waals surface area contributed by atoms with Gasteiger partial charge in [-0.05, 0) is 23.2 Å². The van der Waals surface area contributed by atoms with Crippen molar-refractivity contribution >= 4 is 11.8 Å². The van der Waals surface area contributed by atoms with E-state index in [-0.39, 0.29) is 25.0 Å². The molecule has 0 unspecified atom stereocenters. The molecule has 0 bridgehead atoms. The SMILES string of the molecule is Cc1c(F)c(F)c(F)c(OC(=O)CC2(C)C(C)(C)CC(=O)CC2(C)C)c1F. The Morgan fingerprint density at radius 3 is 1.85 bits per heavy atom. The Hall–Kier alpha value is -1.92. The normalized spacial score (nSPS) is 20.4. The van der Waals surface area contributed by atoms with Crippen LogP contribution in [0.4, 0.5) is 17.6 Å². The van der Waals surface area contributed by atoms with E-state index >= 15 is 0 Å². The van der Waals surface area contributed by atoms with Crippen LogP contribution in [0.25, 0.3) is 0 Å². The van der Waals surface area contributed by atoms with Gasteiger partial charge in [-0.2, -0.15) is 4.39 Å². The summed E-state index contributed by atoms with van der Waals surface area (Å²) in [6, 6.07) is 0. The van der Waals surface area contributed by atoms with Gasteiger partial charge in [-0.15, -0.1) is 0 Å². The summed E-state index contributed by atoms with van der Waals surface area (Å²) in [6.07, 6.45) is 0.275. The fraction of sp³-hybridized carbons (Fsp3) is 0.600. The summed E-state index contributed by atoms with van der Waals surface area (Å²) < 4.78 is 59.8. The molecule has 0 N–H and O–H groups in total. The molecule has 1 aromatic carbocycles. The number of benzene rings is 1. The van der Waals surface area contributed by atoms with Crippen LogP contribution in [-0.4, -0.2) is 11.8 Å². The van der Waals surface area contributed by atoms with Gasteiger partial charge < -0.3 is 4.74 Å². The van der Waals surface area contributed by atoms with Gasteiger partial charge in [-0.1, -0.05) is 34.6 Å². The lowest BCUT2D eigenvalue weighted by Gasteiger charge is -2.57. The maximum Gasteiger partial charge on any atom is 0.311 e. The quantitative estimate of drug-likeness (QED) is 0.233. The Labute approximate surface area is 156 Å². The van der Waals surface area contributed by atoms with Crippen LogP contribution in [0, 0.1) is 46.4 Å². The topological polar surface area (TPSA) is 43.4 Å². The molecule has 150 valence electrons. The summed E-state index contributed by atoms with van der Waals surface area (Å²) in [5, 5.41) is 0. The predicted octanol–water partition coefficient (Wildman–Crippen LogP) is 5.27. The Kier molecular flexibility index (Phi) is 5.23. The minimum atomic E-state index is -1.90. The lowest BCUT2D eigenvalue weighted by molar-refractivity contribution is -0.157. The van der Waals surface area contributed by atoms with Crippen molar-refractivity contribution in [1.82, 2.24) is 0 Å². The van der Waals surface area contributed by atoms with Crippen molar-refractivity contribution in [3.63, 3.8) is 0 Å². The lowest BCUT2D eigenvalue weighted by Crippen LogP contribution is -2.53. The molecular weight excluding hydrogens is 364 g/mol. The van der Waals surface area contributed by atoms with Gasteiger partial charge in [0.15, 0.2) is 17.5 Å². The maximum absolute atomic E-state index is 14.1. The van der Waals surface area contributed by atoms with Crippen molar-refractivity contribution in [3.8, 4) is 5.75 Å². The molecule has 0 aliphatic heterocycles. The van der Waals surface area contributed by atoms with E-state index in [1.165, 1.54) is 0 Å². The zero-order valence-electron chi connectivity index (χ0n) is 16.4. The van der Waals surface area contributed by atoms with Crippen molar-refractivity contribution in [2.24, 2.45) is 16.2 Å². The zero-order chi connectivity index (χ0) is 20.9. The number of ketones is 1. The molecule has 27 heavy (non-hydrogen) atoms. The first kappa shape index (κ1) is 21.4. The lowest BCUT2D eigenvalue weighted by atomic mass is 9.46. The molecule has 1 saturated carbocycles. The average molecular weight is 388 g/mol. The number of rotatable bonds is 3. The van der Waals surface area contributed by atoms with E-state index in [0.717, 1.165) is 6.92 Å². The third kappa shape index (κ3) is 3.36. The van der Waals surface area contributed by atoms with E-state index < -0.39 is 56.8 Å². The van der Waals surface area contributed by atoms with E-state index in [2.05, 4.69) is 0 Å². The van der Waals surface area contributed by atoms with Crippen molar-refractivity contribution < 1.29 is 31.9 Å². The van der Waals surface area contributed by atoms with Gasteiger partial charge in [-0.25, -0.2) is 13.2 Å². The molecule has 1 aromatic rings. The highest BCUT2D eigenvalue weighted by Crippen LogP contribution is 2.60. The molecule has 0 spiro atoms. The number of hydrogen-bond donors (Lipinski definition) is 0. The second-order valence-electron chi connectivity index (χ2n) is 8.85. The van der Waals surface area contributed by atoms with Crippen LogP contribution < -0.4 is 4.74 Å². The smallest absolute Gasteiger partial charge is 0.311 e. The number of Topliss-reactive ketones (excluding diaryl/α,β-unsaturated/α-hetero) is 1. The predicted molar refractivity (Wildman–Crippen MR) is 91.2 cm³/mol. The molecule has 2 rings (SSSR count). The van der Waals surface area contributed by atoms with E-state index in [4.69, 9.17) is 4.74 Å². The molecule has 1 fully saturated rings. The van der Waals surface area contributed by atoms with Crippen LogP contribution in [0.15, 0.2) is 0 Å². The van der Waals surface area contributed by atoms with Crippen LogP contribution in [-0.2, 0) is 9.59 Å². The second-order valence-corrected chi connectivity index (χ2v) is 8.85. The van der Waals surface area contributed by atoms with Crippen molar-refractivity contribution in [3.05, 3.63) is 28.8 Å². The van der Waals surface area contributed by atoms with Crippen molar-refractivity contribution in [1.29, 1.82) is 0 Å². The van der Waals surface area contributed by atoms with Crippen LogP contribution in [0.1, 0.15) is 59.4 Å². The highest BCUT2D eigenvalue weighted by atomic mass is 19.2. The molecular formula is C20H24F4O3. The third-order valence-electron chi connectivity index (χ3n) is 6.42. The van der Waals surface area contributed by atoms with E-state index in [1.807, 2.05) is 34.6 Å². The monoisotopic (exact) mass is 388 g/mol. The van der Waals surface area contributed by atoms with E-state index in [9.17, 15) is 27.2 Å². The van der Waals surface area contributed by atoms with Gasteiger partial charge >= 0.3 is 5.97 Å². The highest BCUT2D eigenvalue weighted by molar-refractivity contribution is 5.82. The first-order chi connectivity index (χ1) is 12.1. The molecule has 0 amide bonds. The van der Waals surface area contributed by atoms with Gasteiger partial charge in [0.25, 0.3) is 0 Å². The van der Waals surface area contributed by atoms with Gasteiger partial charge in [0.05, 0.1) is 6.42 Å². The minimum Gasteiger partial charge on any atom is -0.420 e. The minimum absolute atomic E-state index is 0.0733. The van der Waals surface area contributed by atoms with E-state index in [0.29, 0.717) is 0 Å². The first-order valence-electron chi connectivity index (χ1n) is 8.69. The average Bonchev–Trinajstić information content (AvgIpc) is 2.52. The molecule has 0 atom stereocenters. The number of halogens is 4. The Morgan fingerprint density at radius 1 is 0.889 bits per heavy atom. The fourth-order valence-electron chi connectivity index (χ4n) is 4.08. The fourth-order valence-corrected chi connectivity index (χ4v) is 4.08. The van der Waals surface area contributed by atoms with Gasteiger partial charge in [0.1, 0.15) is 5.78 Å². The van der Waals surface area contributed by atoms with Crippen LogP contribution in [0.5, 0.6) is 5.75 Å². The highest BCUT2D eigenvalue weighted by Gasteiger charge is 2.57. The van der Waals surface area contributed by atoms with Gasteiger partial charge in [-0.3, -0.25) is 9.59 Å². The van der Waals surface area contributed by atoms with Gasteiger partial charge in [0, 0.05) is 18.4 Å². The third-order valence-corrected chi connectivity index (χ3v) is 6.42. The number of esters is 1. The van der Waals surface area contributed by atoms with Crippen LogP contribution in [0.3, 0.4) is 0 Å². The summed E-state index contributed by atoms with van der Waals surface area (Å²) in [5.41, 5.74) is -2.66. The number of carbonyl (C=O) groups is 2. The first-order valence-corrected chi connectivity index (χ1v) is 8.69. The Morgan fingerprint density at radius 2 is 1.37 bits per heavy atom. The molecule has 0 heterocycles. The summed E-state index contributed by atoms with van der Waals surface area (Å²) in [4.78, 5) is 24.6. The standard InChI is InChI=1S/C20H24F4O3/c1-10-13(21)15(23)16(24)17(14(10)22)27-12(26)9-20(6)18(2,3)7-11(25)8-19(20,4)5/h7-9H2,1-6H3. The van der Waals surface area contributed by atoms with Crippen LogP contribution >= 0.6 is 0 Å². The summed E-state index contributed by atoms with van der Waals surface area (Å²) in [6.45, 7) is 10.1. The molecule has 1 aliphatic rings. The maximum atomic E-state index is 14.1. The zero-order valence-corrected chi connectivity index (χ0v) is 16.4. The summed E-state index contributed by atoms with van der Waals surface area (Å²) in [7, 11) is 0. The number of ether oxygens (including phenoxy) is 1. The molecule has 7 heteroatoms. The molecule has 0 aromatic heterocycles. The summed E-state index contributed by atoms with van der Waals surface area (Å²) >= 11 is 0. The second kappa shape index (κ2) is 6.60. The molecule has 3 nitrogen and oxygen atoms in total. The number of hydrogen-bond acceptors (Lipinski definition) is 3. The van der Waals surface area contributed by atoms with Crippen LogP contribution in [0.2, 0.25) is 0 Å².